The van der Waals surface area contributed by atoms with Crippen molar-refractivity contribution in [1.82, 2.24) is 4.57 Å². The Bertz CT molecular complexity index is 742. The maximum atomic E-state index is 13.0. The lowest BCUT2D eigenvalue weighted by Gasteiger charge is -2.19. The summed E-state index contributed by atoms with van der Waals surface area (Å²) in [6.07, 6.45) is -3.04. The van der Waals surface area contributed by atoms with Crippen LogP contribution in [0.1, 0.15) is 24.1 Å². The summed E-state index contributed by atoms with van der Waals surface area (Å²) in [5.41, 5.74) is 0.134. The number of hydrogen-bond donors (Lipinski definition) is 0. The molecule has 1 unspecified atom stereocenters. The molecule has 0 spiro atoms. The fourth-order valence-corrected chi connectivity index (χ4v) is 2.22. The molecule has 2 rings (SSSR count). The summed E-state index contributed by atoms with van der Waals surface area (Å²) in [6.45, 7) is 7.21. The number of halogens is 3. The Labute approximate surface area is 126 Å². The van der Waals surface area contributed by atoms with Crippen LogP contribution in [0.15, 0.2) is 53.8 Å². The fourth-order valence-electron chi connectivity index (χ4n) is 2.22. The van der Waals surface area contributed by atoms with Gasteiger partial charge in [-0.15, -0.1) is 6.58 Å². The topological polar surface area (TPSA) is 22.0 Å². The lowest BCUT2D eigenvalue weighted by Crippen LogP contribution is -2.25. The van der Waals surface area contributed by atoms with E-state index >= 15 is 0 Å². The van der Waals surface area contributed by atoms with E-state index in [-0.39, 0.29) is 5.69 Å². The molecule has 2 aromatic rings. The van der Waals surface area contributed by atoms with E-state index in [0.29, 0.717) is 11.6 Å². The van der Waals surface area contributed by atoms with E-state index in [1.807, 2.05) is 6.92 Å². The Morgan fingerprint density at radius 3 is 2.27 bits per heavy atom. The number of rotatable bonds is 3. The van der Waals surface area contributed by atoms with E-state index in [2.05, 4.69) is 6.58 Å². The highest BCUT2D eigenvalue weighted by atomic mass is 19.4. The molecule has 0 N–H and O–H groups in total. The van der Waals surface area contributed by atoms with Crippen LogP contribution >= 0.6 is 0 Å². The molecule has 0 saturated heterocycles. The first-order chi connectivity index (χ1) is 10.2. The Morgan fingerprint density at radius 1 is 1.18 bits per heavy atom. The first-order valence-electron chi connectivity index (χ1n) is 6.77. The van der Waals surface area contributed by atoms with E-state index in [4.69, 9.17) is 0 Å². The summed E-state index contributed by atoms with van der Waals surface area (Å²) in [5.74, 6) is 0. The molecule has 1 aromatic carbocycles. The first-order valence-corrected chi connectivity index (χ1v) is 6.77. The molecule has 0 radical (unpaired) electrons. The average molecular weight is 307 g/mol. The van der Waals surface area contributed by atoms with Crippen LogP contribution < -0.4 is 5.56 Å². The Kier molecular flexibility index (Phi) is 4.26. The second kappa shape index (κ2) is 5.83. The van der Waals surface area contributed by atoms with Gasteiger partial charge in [-0.05, 0) is 25.5 Å². The zero-order valence-corrected chi connectivity index (χ0v) is 12.3. The zero-order valence-electron chi connectivity index (χ0n) is 12.3. The lowest BCUT2D eigenvalue weighted by molar-refractivity contribution is -0.137. The molecule has 22 heavy (non-hydrogen) atoms. The van der Waals surface area contributed by atoms with Crippen molar-refractivity contribution in [3.63, 3.8) is 0 Å². The molecule has 0 bridgehead atoms. The Balaban J connectivity index is 2.77. The van der Waals surface area contributed by atoms with Gasteiger partial charge in [-0.25, -0.2) is 0 Å². The smallest absolute Gasteiger partial charge is 0.302 e. The van der Waals surface area contributed by atoms with Crippen molar-refractivity contribution in [1.29, 1.82) is 0 Å². The molecule has 0 aliphatic heterocycles. The van der Waals surface area contributed by atoms with Crippen molar-refractivity contribution in [3.8, 4) is 11.3 Å². The molecule has 0 amide bonds. The van der Waals surface area contributed by atoms with Gasteiger partial charge in [-0.1, -0.05) is 35.9 Å². The monoisotopic (exact) mass is 307 g/mol. The van der Waals surface area contributed by atoms with Crippen LogP contribution in [-0.2, 0) is 6.18 Å². The van der Waals surface area contributed by atoms with Crippen molar-refractivity contribution < 1.29 is 13.2 Å². The maximum absolute atomic E-state index is 13.0. The summed E-state index contributed by atoms with van der Waals surface area (Å²) < 4.78 is 40.2. The zero-order chi connectivity index (χ0) is 16.5. The Hall–Kier alpha value is -2.30. The highest BCUT2D eigenvalue weighted by molar-refractivity contribution is 5.61. The molecule has 116 valence electrons. The van der Waals surface area contributed by atoms with E-state index in [9.17, 15) is 18.0 Å². The van der Waals surface area contributed by atoms with E-state index < -0.39 is 23.3 Å². The largest absolute Gasteiger partial charge is 0.416 e. The summed E-state index contributed by atoms with van der Waals surface area (Å²) in [6, 6.07) is 8.22. The van der Waals surface area contributed by atoms with Gasteiger partial charge in [-0.2, -0.15) is 13.2 Å². The number of hydrogen-bond acceptors (Lipinski definition) is 1. The quantitative estimate of drug-likeness (QED) is 0.760. The van der Waals surface area contributed by atoms with Gasteiger partial charge in [0.2, 0.25) is 0 Å². The third kappa shape index (κ3) is 3.13. The van der Waals surface area contributed by atoms with E-state index in [1.54, 1.807) is 31.2 Å². The molecule has 5 heteroatoms. The van der Waals surface area contributed by atoms with Crippen molar-refractivity contribution in [2.75, 3.05) is 0 Å². The fraction of sp³-hybridized carbons (Fsp3) is 0.235. The summed E-state index contributed by atoms with van der Waals surface area (Å²) in [4.78, 5) is 12.2. The molecule has 2 nitrogen and oxygen atoms in total. The molecule has 0 fully saturated rings. The van der Waals surface area contributed by atoms with Gasteiger partial charge >= 0.3 is 6.18 Å². The minimum atomic E-state index is -4.56. The molecular formula is C17H16F3NO. The second-order valence-corrected chi connectivity index (χ2v) is 5.18. The number of aromatic nitrogens is 1. The van der Waals surface area contributed by atoms with Gasteiger partial charge < -0.3 is 4.57 Å². The molecular weight excluding hydrogens is 291 g/mol. The Morgan fingerprint density at radius 2 is 1.77 bits per heavy atom. The van der Waals surface area contributed by atoms with Crippen LogP contribution in [0.25, 0.3) is 11.3 Å². The van der Waals surface area contributed by atoms with Crippen LogP contribution in [0, 0.1) is 6.92 Å². The third-order valence-electron chi connectivity index (χ3n) is 3.49. The van der Waals surface area contributed by atoms with Gasteiger partial charge in [0, 0.05) is 6.07 Å². The van der Waals surface area contributed by atoms with E-state index in [0.717, 1.165) is 11.6 Å². The van der Waals surface area contributed by atoms with Gasteiger partial charge in [-0.3, -0.25) is 4.79 Å². The van der Waals surface area contributed by atoms with Crippen molar-refractivity contribution in [3.05, 3.63) is 70.5 Å². The van der Waals surface area contributed by atoms with Crippen LogP contribution in [-0.4, -0.2) is 4.57 Å². The molecule has 1 aromatic heterocycles. The highest BCUT2D eigenvalue weighted by Gasteiger charge is 2.32. The van der Waals surface area contributed by atoms with E-state index in [1.165, 1.54) is 10.6 Å². The van der Waals surface area contributed by atoms with Gasteiger partial charge in [0.25, 0.3) is 5.56 Å². The van der Waals surface area contributed by atoms with Crippen LogP contribution in [0.4, 0.5) is 13.2 Å². The summed E-state index contributed by atoms with van der Waals surface area (Å²) in [5, 5.41) is 0. The van der Waals surface area contributed by atoms with Gasteiger partial charge in [0.1, 0.15) is 0 Å². The molecule has 1 atom stereocenters. The van der Waals surface area contributed by atoms with Crippen molar-refractivity contribution in [2.45, 2.75) is 26.1 Å². The molecule has 1 heterocycles. The molecule has 0 aliphatic rings. The van der Waals surface area contributed by atoms with Crippen LogP contribution in [0.5, 0.6) is 0 Å². The average Bonchev–Trinajstić information content (AvgIpc) is 2.45. The van der Waals surface area contributed by atoms with Gasteiger partial charge in [0.05, 0.1) is 17.3 Å². The van der Waals surface area contributed by atoms with Crippen LogP contribution in [0.2, 0.25) is 0 Å². The van der Waals surface area contributed by atoms with Crippen LogP contribution in [0.3, 0.4) is 0 Å². The first kappa shape index (κ1) is 16.1. The maximum Gasteiger partial charge on any atom is 0.416 e. The number of pyridine rings is 1. The lowest BCUT2D eigenvalue weighted by atomic mass is 10.1. The van der Waals surface area contributed by atoms with Crippen molar-refractivity contribution in [2.24, 2.45) is 0 Å². The minimum Gasteiger partial charge on any atom is -0.302 e. The summed E-state index contributed by atoms with van der Waals surface area (Å²) in [7, 11) is 0. The van der Waals surface area contributed by atoms with Crippen molar-refractivity contribution >= 4 is 0 Å². The third-order valence-corrected chi connectivity index (χ3v) is 3.49. The predicted molar refractivity (Wildman–Crippen MR) is 80.8 cm³/mol. The number of alkyl halides is 3. The second-order valence-electron chi connectivity index (χ2n) is 5.18. The summed E-state index contributed by atoms with van der Waals surface area (Å²) >= 11 is 0. The highest BCUT2D eigenvalue weighted by Crippen LogP contribution is 2.32. The predicted octanol–water partition coefficient (Wildman–Crippen LogP) is 4.59. The molecule has 0 saturated carbocycles. The minimum absolute atomic E-state index is 0.229. The number of aryl methyl sites for hydroxylation is 1. The number of nitrogens with zero attached hydrogens (tertiary/aromatic N) is 1. The molecule has 0 aliphatic carbocycles. The SMILES string of the molecule is C=CC(C)n1c(-c2ccc(C)cc2)cc(C(F)(F)F)cc1=O. The standard InChI is InChI=1S/C17H16F3NO/c1-4-12(3)21-15(13-7-5-11(2)6-8-13)9-14(10-16(21)22)17(18,19)20/h4-10,12H,1H2,2-3H3. The normalized spacial score (nSPS) is 13.0. The van der Waals surface area contributed by atoms with Gasteiger partial charge in [0.15, 0.2) is 0 Å². The number of allylic oxidation sites excluding steroid dienone is 1. The number of benzene rings is 1.